The zero-order valence-electron chi connectivity index (χ0n) is 19.3. The van der Waals surface area contributed by atoms with Crippen molar-refractivity contribution in [2.45, 2.75) is 52.2 Å². The first-order valence-corrected chi connectivity index (χ1v) is 12.4. The van der Waals surface area contributed by atoms with Crippen LogP contribution in [0.2, 0.25) is 0 Å². The Balaban J connectivity index is 1.42. The first-order chi connectivity index (χ1) is 15.9. The lowest BCUT2D eigenvalue weighted by atomic mass is 10.0. The molecule has 0 atom stereocenters. The van der Waals surface area contributed by atoms with Crippen molar-refractivity contribution in [3.63, 3.8) is 0 Å². The summed E-state index contributed by atoms with van der Waals surface area (Å²) < 4.78 is 3.68. The van der Waals surface area contributed by atoms with Crippen molar-refractivity contribution in [2.24, 2.45) is 13.0 Å². The molecule has 1 aliphatic carbocycles. The van der Waals surface area contributed by atoms with Crippen LogP contribution < -0.4 is 0 Å². The molecule has 0 radical (unpaired) electrons. The van der Waals surface area contributed by atoms with Gasteiger partial charge in [-0.1, -0.05) is 6.92 Å². The Bertz CT molecular complexity index is 1180. The van der Waals surface area contributed by atoms with E-state index in [1.165, 1.54) is 24.2 Å². The molecule has 0 unspecified atom stereocenters. The monoisotopic (exact) mass is 467 g/mol. The molecule has 2 aliphatic rings. The van der Waals surface area contributed by atoms with Crippen LogP contribution in [0.5, 0.6) is 0 Å². The predicted molar refractivity (Wildman–Crippen MR) is 124 cm³/mol. The molecule has 1 fully saturated rings. The normalized spacial score (nSPS) is 15.5. The molecule has 1 saturated carbocycles. The number of fused-ring (bicyclic) bond motifs is 1. The van der Waals surface area contributed by atoms with Gasteiger partial charge >= 0.3 is 0 Å². The summed E-state index contributed by atoms with van der Waals surface area (Å²) in [4.78, 5) is 34.5. The van der Waals surface area contributed by atoms with Crippen LogP contribution in [0.25, 0.3) is 0 Å². The highest BCUT2D eigenvalue weighted by molar-refractivity contribution is 7.07. The van der Waals surface area contributed by atoms with Gasteiger partial charge in [0.05, 0.1) is 30.0 Å². The standard InChI is InChI=1S/C23H29N7O2S/c1-4-16-9-20(28(3)25-16)22(31)29-8-7-19-18(12-29)21(26-30(19)10-15-5-6-15)23(32)27(2)11-17-13-33-14-24-17/h9,13-15H,4-8,10-12H2,1-3H3. The van der Waals surface area contributed by atoms with Crippen molar-refractivity contribution in [1.82, 2.24) is 34.3 Å². The summed E-state index contributed by atoms with van der Waals surface area (Å²) in [6.07, 6.45) is 3.91. The van der Waals surface area contributed by atoms with Crippen molar-refractivity contribution < 1.29 is 9.59 Å². The summed E-state index contributed by atoms with van der Waals surface area (Å²) in [5.41, 5.74) is 6.54. The summed E-state index contributed by atoms with van der Waals surface area (Å²) in [7, 11) is 3.58. The Morgan fingerprint density at radius 1 is 1.24 bits per heavy atom. The van der Waals surface area contributed by atoms with Crippen LogP contribution in [0.1, 0.15) is 63.4 Å². The maximum Gasteiger partial charge on any atom is 0.274 e. The summed E-state index contributed by atoms with van der Waals surface area (Å²) in [5.74, 6) is 0.461. The largest absolute Gasteiger partial charge is 0.334 e. The van der Waals surface area contributed by atoms with E-state index in [1.807, 2.05) is 28.0 Å². The molecule has 4 heterocycles. The molecule has 3 aromatic heterocycles. The smallest absolute Gasteiger partial charge is 0.274 e. The van der Waals surface area contributed by atoms with Gasteiger partial charge in [-0.25, -0.2) is 4.98 Å². The highest BCUT2D eigenvalue weighted by Crippen LogP contribution is 2.33. The van der Waals surface area contributed by atoms with Gasteiger partial charge in [0.15, 0.2) is 5.69 Å². The van der Waals surface area contributed by atoms with Crippen LogP contribution in [0.4, 0.5) is 0 Å². The number of hydrogen-bond acceptors (Lipinski definition) is 6. The molecule has 1 aliphatic heterocycles. The molecule has 174 valence electrons. The molecule has 0 N–H and O–H groups in total. The lowest BCUT2D eigenvalue weighted by molar-refractivity contribution is 0.0711. The Labute approximate surface area is 197 Å². The number of carbonyl (C=O) groups is 2. The molecule has 0 saturated heterocycles. The van der Waals surface area contributed by atoms with Crippen LogP contribution in [-0.4, -0.2) is 59.8 Å². The fraction of sp³-hybridized carbons (Fsp3) is 0.522. The molecule has 0 spiro atoms. The van der Waals surface area contributed by atoms with Crippen LogP contribution in [-0.2, 0) is 39.5 Å². The Hall–Kier alpha value is -3.01. The van der Waals surface area contributed by atoms with Crippen molar-refractivity contribution in [2.75, 3.05) is 13.6 Å². The first kappa shape index (κ1) is 21.8. The summed E-state index contributed by atoms with van der Waals surface area (Å²) in [6, 6.07) is 1.86. The van der Waals surface area contributed by atoms with E-state index in [0.29, 0.717) is 43.4 Å². The fourth-order valence-corrected chi connectivity index (χ4v) is 4.95. The number of thiazole rings is 1. The fourth-order valence-electron chi connectivity index (χ4n) is 4.40. The van der Waals surface area contributed by atoms with Gasteiger partial charge in [-0.2, -0.15) is 10.2 Å². The number of nitrogens with zero attached hydrogens (tertiary/aromatic N) is 7. The highest BCUT2D eigenvalue weighted by atomic mass is 32.1. The second kappa shape index (κ2) is 8.74. The van der Waals surface area contributed by atoms with Gasteiger partial charge in [0.2, 0.25) is 0 Å². The number of aryl methyl sites for hydroxylation is 2. The quantitative estimate of drug-likeness (QED) is 0.533. The van der Waals surface area contributed by atoms with Crippen molar-refractivity contribution >= 4 is 23.2 Å². The molecule has 5 rings (SSSR count). The van der Waals surface area contributed by atoms with Crippen LogP contribution in [0, 0.1) is 5.92 Å². The third-order valence-corrected chi connectivity index (χ3v) is 7.13. The molecule has 0 aromatic carbocycles. The molecule has 33 heavy (non-hydrogen) atoms. The predicted octanol–water partition coefficient (Wildman–Crippen LogP) is 2.52. The third-order valence-electron chi connectivity index (χ3n) is 6.49. The molecule has 3 aromatic rings. The van der Waals surface area contributed by atoms with Gasteiger partial charge in [0.25, 0.3) is 11.8 Å². The van der Waals surface area contributed by atoms with E-state index in [2.05, 4.69) is 10.1 Å². The third kappa shape index (κ3) is 4.31. The zero-order chi connectivity index (χ0) is 23.1. The van der Waals surface area contributed by atoms with E-state index < -0.39 is 0 Å². The van der Waals surface area contributed by atoms with E-state index in [0.717, 1.165) is 35.6 Å². The van der Waals surface area contributed by atoms with E-state index in [4.69, 9.17) is 5.10 Å². The first-order valence-electron chi connectivity index (χ1n) is 11.5. The van der Waals surface area contributed by atoms with E-state index >= 15 is 0 Å². The van der Waals surface area contributed by atoms with Gasteiger partial charge in [0, 0.05) is 50.2 Å². The molecular weight excluding hydrogens is 438 g/mol. The van der Waals surface area contributed by atoms with Gasteiger partial charge in [-0.05, 0) is 31.2 Å². The Morgan fingerprint density at radius 2 is 2.06 bits per heavy atom. The molecular formula is C23H29N7O2S. The van der Waals surface area contributed by atoms with Gasteiger partial charge in [0.1, 0.15) is 5.69 Å². The maximum atomic E-state index is 13.4. The minimum atomic E-state index is -0.128. The minimum absolute atomic E-state index is 0.0560. The van der Waals surface area contributed by atoms with E-state index in [9.17, 15) is 9.59 Å². The maximum absolute atomic E-state index is 13.4. The minimum Gasteiger partial charge on any atom is -0.334 e. The SMILES string of the molecule is CCc1cc(C(=O)N2CCc3c(c(C(=O)N(C)Cc4cscn4)nn3CC3CC3)C2)n(C)n1. The van der Waals surface area contributed by atoms with Crippen molar-refractivity contribution in [3.8, 4) is 0 Å². The van der Waals surface area contributed by atoms with Crippen LogP contribution >= 0.6 is 11.3 Å². The van der Waals surface area contributed by atoms with Crippen molar-refractivity contribution in [3.05, 3.63) is 51.0 Å². The molecule has 9 nitrogen and oxygen atoms in total. The number of hydrogen-bond donors (Lipinski definition) is 0. The number of rotatable bonds is 7. The van der Waals surface area contributed by atoms with Crippen LogP contribution in [0.3, 0.4) is 0 Å². The summed E-state index contributed by atoms with van der Waals surface area (Å²) in [5, 5.41) is 11.1. The van der Waals surface area contributed by atoms with Gasteiger partial charge in [-0.15, -0.1) is 11.3 Å². The molecule has 0 bridgehead atoms. The second-order valence-electron chi connectivity index (χ2n) is 9.02. The average Bonchev–Trinajstić information content (AvgIpc) is 3.19. The number of carbonyl (C=O) groups excluding carboxylic acids is 2. The van der Waals surface area contributed by atoms with Gasteiger partial charge < -0.3 is 9.80 Å². The summed E-state index contributed by atoms with van der Waals surface area (Å²) in [6.45, 7) is 4.30. The lowest BCUT2D eigenvalue weighted by Gasteiger charge is -2.28. The average molecular weight is 468 g/mol. The molecule has 2 amide bonds. The Kier molecular flexibility index (Phi) is 5.77. The number of amides is 2. The Morgan fingerprint density at radius 3 is 2.73 bits per heavy atom. The second-order valence-corrected chi connectivity index (χ2v) is 9.73. The highest BCUT2D eigenvalue weighted by Gasteiger charge is 2.34. The molecule has 10 heteroatoms. The van der Waals surface area contributed by atoms with E-state index in [-0.39, 0.29) is 11.8 Å². The van der Waals surface area contributed by atoms with Crippen molar-refractivity contribution in [1.29, 1.82) is 0 Å². The summed E-state index contributed by atoms with van der Waals surface area (Å²) >= 11 is 1.52. The lowest BCUT2D eigenvalue weighted by Crippen LogP contribution is -2.38. The van der Waals surface area contributed by atoms with Crippen LogP contribution in [0.15, 0.2) is 17.0 Å². The topological polar surface area (TPSA) is 89.2 Å². The van der Waals surface area contributed by atoms with Gasteiger partial charge in [-0.3, -0.25) is 19.0 Å². The van der Waals surface area contributed by atoms with E-state index in [1.54, 1.807) is 29.2 Å². The zero-order valence-corrected chi connectivity index (χ0v) is 20.1. The number of aromatic nitrogens is 5.